The minimum atomic E-state index is -0.555. The fourth-order valence-electron chi connectivity index (χ4n) is 5.32. The fourth-order valence-corrected chi connectivity index (χ4v) is 5.32. The highest BCUT2D eigenvalue weighted by Crippen LogP contribution is 2.45. The number of benzene rings is 1. The first kappa shape index (κ1) is 21.6. The maximum absolute atomic E-state index is 14.5. The highest BCUT2D eigenvalue weighted by Gasteiger charge is 2.47. The van der Waals surface area contributed by atoms with Gasteiger partial charge >= 0.3 is 0 Å². The molecule has 1 aromatic heterocycles. The number of primary amides is 1. The highest BCUT2D eigenvalue weighted by molar-refractivity contribution is 5.79. The number of amides is 1. The summed E-state index contributed by atoms with van der Waals surface area (Å²) in [5.41, 5.74) is 9.02. The molecule has 1 unspecified atom stereocenters. The number of carbonyl (C=O) groups excluding carboxylic acids is 1. The second-order valence-corrected chi connectivity index (χ2v) is 9.45. The van der Waals surface area contributed by atoms with E-state index in [4.69, 9.17) is 5.73 Å². The van der Waals surface area contributed by atoms with Gasteiger partial charge in [0.05, 0.1) is 12.1 Å². The minimum Gasteiger partial charge on any atom is -0.370 e. The molecule has 8 nitrogen and oxygen atoms in total. The monoisotopic (exact) mass is 451 g/mol. The molecule has 0 spiro atoms. The van der Waals surface area contributed by atoms with E-state index in [0.29, 0.717) is 5.95 Å². The second kappa shape index (κ2) is 8.62. The number of hydrogen-bond donors (Lipinski definition) is 3. The molecule has 1 saturated carbocycles. The van der Waals surface area contributed by atoms with Crippen molar-refractivity contribution in [1.29, 1.82) is 0 Å². The number of rotatable bonds is 8. The molecule has 1 aromatic carbocycles. The van der Waals surface area contributed by atoms with Crippen LogP contribution < -0.4 is 21.3 Å². The van der Waals surface area contributed by atoms with Crippen LogP contribution in [0.3, 0.4) is 0 Å². The predicted molar refractivity (Wildman–Crippen MR) is 127 cm³/mol. The molecule has 0 saturated heterocycles. The molecule has 174 valence electrons. The largest absolute Gasteiger partial charge is 0.370 e. The van der Waals surface area contributed by atoms with Gasteiger partial charge in [-0.3, -0.25) is 4.79 Å². The molecule has 5 rings (SSSR count). The van der Waals surface area contributed by atoms with Crippen LogP contribution in [0, 0.1) is 23.6 Å². The summed E-state index contributed by atoms with van der Waals surface area (Å²) in [6.45, 7) is 3.01. The van der Waals surface area contributed by atoms with Gasteiger partial charge in [-0.2, -0.15) is 4.98 Å². The van der Waals surface area contributed by atoms with E-state index in [1.54, 1.807) is 0 Å². The lowest BCUT2D eigenvalue weighted by Crippen LogP contribution is -2.41. The lowest BCUT2D eigenvalue weighted by molar-refractivity contribution is -0.122. The summed E-state index contributed by atoms with van der Waals surface area (Å²) in [5.74, 6) is -0.646. The maximum atomic E-state index is 14.5. The van der Waals surface area contributed by atoms with Crippen LogP contribution in [-0.2, 0) is 11.2 Å². The summed E-state index contributed by atoms with van der Waals surface area (Å²) in [4.78, 5) is 25.0. The van der Waals surface area contributed by atoms with Crippen molar-refractivity contribution >= 4 is 29.0 Å². The molecule has 3 aliphatic rings. The lowest BCUT2D eigenvalue weighted by Gasteiger charge is -2.27. The first-order chi connectivity index (χ1) is 15.9. The molecule has 1 aliphatic heterocycles. The van der Waals surface area contributed by atoms with Crippen LogP contribution in [0.1, 0.15) is 12.0 Å². The topological polar surface area (TPSA) is 99.4 Å². The van der Waals surface area contributed by atoms with Crippen LogP contribution in [-0.4, -0.2) is 60.5 Å². The molecule has 2 aliphatic carbocycles. The summed E-state index contributed by atoms with van der Waals surface area (Å²) in [7, 11) is 4.16. The van der Waals surface area contributed by atoms with E-state index in [0.717, 1.165) is 44.4 Å². The van der Waals surface area contributed by atoms with E-state index < -0.39 is 5.82 Å². The molecular weight excluding hydrogens is 421 g/mol. The summed E-state index contributed by atoms with van der Waals surface area (Å²) < 4.78 is 14.5. The van der Waals surface area contributed by atoms with E-state index in [1.165, 1.54) is 11.3 Å². The number of nitrogens with two attached hydrogens (primary N) is 1. The van der Waals surface area contributed by atoms with Crippen molar-refractivity contribution in [3.05, 3.63) is 47.9 Å². The SMILES string of the molecule is CN(C)CCN1CCc2cc(Nc3ncc(F)c(N[C@@H]4C(C(N)=O)[C@H]5C=C[C@@H]4C5)n3)ccc21. The van der Waals surface area contributed by atoms with Crippen molar-refractivity contribution < 1.29 is 9.18 Å². The van der Waals surface area contributed by atoms with Crippen LogP contribution >= 0.6 is 0 Å². The van der Waals surface area contributed by atoms with E-state index in [9.17, 15) is 9.18 Å². The number of aromatic nitrogens is 2. The molecule has 2 aromatic rings. The van der Waals surface area contributed by atoms with Gasteiger partial charge in [-0.05, 0) is 62.5 Å². The van der Waals surface area contributed by atoms with Crippen LogP contribution in [0.4, 0.5) is 27.5 Å². The summed E-state index contributed by atoms with van der Waals surface area (Å²) in [6.07, 6.45) is 7.10. The van der Waals surface area contributed by atoms with Gasteiger partial charge in [0.15, 0.2) is 11.6 Å². The van der Waals surface area contributed by atoms with E-state index >= 15 is 0 Å². The number of carbonyl (C=O) groups is 1. The third kappa shape index (κ3) is 4.25. The van der Waals surface area contributed by atoms with Crippen molar-refractivity contribution in [3.8, 4) is 0 Å². The number of allylic oxidation sites excluding steroid dienone is 1. The number of nitrogens with one attached hydrogen (secondary N) is 2. The van der Waals surface area contributed by atoms with Gasteiger partial charge in [0.1, 0.15) is 0 Å². The Hall–Kier alpha value is -3.20. The summed E-state index contributed by atoms with van der Waals surface area (Å²) >= 11 is 0. The highest BCUT2D eigenvalue weighted by atomic mass is 19.1. The molecule has 2 bridgehead atoms. The lowest BCUT2D eigenvalue weighted by atomic mass is 9.88. The van der Waals surface area contributed by atoms with Gasteiger partial charge in [0.25, 0.3) is 0 Å². The van der Waals surface area contributed by atoms with Crippen molar-refractivity contribution in [1.82, 2.24) is 14.9 Å². The van der Waals surface area contributed by atoms with Gasteiger partial charge in [0, 0.05) is 37.1 Å². The number of hydrogen-bond acceptors (Lipinski definition) is 7. The van der Waals surface area contributed by atoms with Gasteiger partial charge in [-0.15, -0.1) is 0 Å². The molecule has 4 atom stereocenters. The molecule has 4 N–H and O–H groups in total. The molecule has 33 heavy (non-hydrogen) atoms. The molecule has 9 heteroatoms. The Labute approximate surface area is 193 Å². The standard InChI is InChI=1S/C24H30FN7O/c1-31(2)9-10-32-8-7-14-12-17(5-6-19(14)32)28-24-27-13-18(25)23(30-24)29-21-16-4-3-15(11-16)20(21)22(26)33/h3-6,12-13,15-16,20-21H,7-11H2,1-2H3,(H2,26,33)(H2,27,28,29,30)/t15-,16+,20?,21-/m0/s1. The smallest absolute Gasteiger partial charge is 0.229 e. The first-order valence-corrected chi connectivity index (χ1v) is 11.5. The van der Waals surface area contributed by atoms with Crippen molar-refractivity contribution in [2.45, 2.75) is 18.9 Å². The van der Waals surface area contributed by atoms with Crippen molar-refractivity contribution in [3.63, 3.8) is 0 Å². The molecule has 2 heterocycles. The normalized spacial score (nSPS) is 25.0. The first-order valence-electron chi connectivity index (χ1n) is 11.5. The Morgan fingerprint density at radius 1 is 1.30 bits per heavy atom. The molecular formula is C24H30FN7O. The fraction of sp³-hybridized carbons (Fsp3) is 0.458. The number of halogens is 1. The Kier molecular flexibility index (Phi) is 5.65. The predicted octanol–water partition coefficient (Wildman–Crippen LogP) is 2.37. The Morgan fingerprint density at radius 3 is 2.91 bits per heavy atom. The third-order valence-corrected chi connectivity index (χ3v) is 6.98. The molecule has 0 radical (unpaired) electrons. The summed E-state index contributed by atoms with van der Waals surface area (Å²) in [5, 5.41) is 6.34. The Morgan fingerprint density at radius 2 is 2.12 bits per heavy atom. The van der Waals surface area contributed by atoms with Gasteiger partial charge < -0.3 is 26.2 Å². The number of likely N-dealkylation sites (N-methyl/N-ethyl adjacent to an activating group) is 1. The Bertz CT molecular complexity index is 1090. The van der Waals surface area contributed by atoms with E-state index in [1.807, 2.05) is 12.1 Å². The average molecular weight is 452 g/mol. The minimum absolute atomic E-state index is 0.0840. The van der Waals surface area contributed by atoms with Crippen LogP contribution in [0.25, 0.3) is 0 Å². The van der Waals surface area contributed by atoms with Crippen LogP contribution in [0.15, 0.2) is 36.5 Å². The number of nitrogens with zero attached hydrogens (tertiary/aromatic N) is 4. The number of fused-ring (bicyclic) bond motifs is 3. The third-order valence-electron chi connectivity index (χ3n) is 6.98. The van der Waals surface area contributed by atoms with E-state index in [-0.39, 0.29) is 35.5 Å². The van der Waals surface area contributed by atoms with E-state index in [2.05, 4.69) is 62.7 Å². The number of anilines is 4. The summed E-state index contributed by atoms with van der Waals surface area (Å²) in [6, 6.07) is 5.95. The zero-order valence-corrected chi connectivity index (χ0v) is 19.0. The van der Waals surface area contributed by atoms with Crippen molar-refractivity contribution in [2.75, 3.05) is 49.3 Å². The zero-order chi connectivity index (χ0) is 23.1. The molecule has 1 amide bonds. The average Bonchev–Trinajstić information content (AvgIpc) is 3.49. The van der Waals surface area contributed by atoms with Gasteiger partial charge in [0.2, 0.25) is 11.9 Å². The Balaban J connectivity index is 1.30. The van der Waals surface area contributed by atoms with Gasteiger partial charge in [-0.25, -0.2) is 9.37 Å². The van der Waals surface area contributed by atoms with Gasteiger partial charge in [-0.1, -0.05) is 12.2 Å². The maximum Gasteiger partial charge on any atom is 0.229 e. The zero-order valence-electron chi connectivity index (χ0n) is 19.0. The quantitative estimate of drug-likeness (QED) is 0.530. The van der Waals surface area contributed by atoms with Crippen molar-refractivity contribution in [2.24, 2.45) is 23.5 Å². The molecule has 1 fully saturated rings. The van der Waals surface area contributed by atoms with Crippen LogP contribution in [0.5, 0.6) is 0 Å². The second-order valence-electron chi connectivity index (χ2n) is 9.45. The van der Waals surface area contributed by atoms with Crippen LogP contribution in [0.2, 0.25) is 0 Å².